The summed E-state index contributed by atoms with van der Waals surface area (Å²) in [6.07, 6.45) is 2.12. The predicted octanol–water partition coefficient (Wildman–Crippen LogP) is 0.665. The Labute approximate surface area is 107 Å². The van der Waals surface area contributed by atoms with Crippen molar-refractivity contribution in [2.24, 2.45) is 0 Å². The lowest BCUT2D eigenvalue weighted by Gasteiger charge is -2.23. The number of aryl methyl sites for hydroxylation is 1. The van der Waals surface area contributed by atoms with Gasteiger partial charge >= 0.3 is 0 Å². The van der Waals surface area contributed by atoms with Crippen molar-refractivity contribution < 1.29 is 14.2 Å². The van der Waals surface area contributed by atoms with Gasteiger partial charge in [-0.1, -0.05) is 0 Å². The van der Waals surface area contributed by atoms with Crippen molar-refractivity contribution in [2.75, 3.05) is 45.4 Å². The first-order valence-corrected chi connectivity index (χ1v) is 6.25. The van der Waals surface area contributed by atoms with Gasteiger partial charge in [0.15, 0.2) is 0 Å². The van der Waals surface area contributed by atoms with Crippen molar-refractivity contribution in [1.29, 1.82) is 0 Å². The van der Waals surface area contributed by atoms with Gasteiger partial charge in [-0.25, -0.2) is 4.98 Å². The van der Waals surface area contributed by atoms with Crippen molar-refractivity contribution >= 4 is 5.95 Å². The molecule has 1 aromatic rings. The second-order valence-electron chi connectivity index (χ2n) is 4.34. The molecule has 0 amide bonds. The summed E-state index contributed by atoms with van der Waals surface area (Å²) in [5, 5.41) is 3.30. The number of rotatable bonds is 6. The zero-order valence-corrected chi connectivity index (χ0v) is 11.0. The minimum Gasteiger partial charge on any atom is -0.383 e. The summed E-state index contributed by atoms with van der Waals surface area (Å²) in [7, 11) is 1.70. The van der Waals surface area contributed by atoms with E-state index in [2.05, 4.69) is 14.9 Å². The molecule has 0 aliphatic carbocycles. The molecule has 6 heteroatoms. The SMILES string of the molecule is COCCn1cc(C)nc1NCC1COCCO1. The standard InChI is InChI=1S/C12H21N3O3/c1-10-8-15(3-4-16-2)12(14-10)13-7-11-9-17-5-6-18-11/h8,11H,3-7,9H2,1-2H3,(H,13,14). The second-order valence-corrected chi connectivity index (χ2v) is 4.34. The number of methoxy groups -OCH3 is 1. The molecule has 6 nitrogen and oxygen atoms in total. The van der Waals surface area contributed by atoms with Crippen LogP contribution in [0.5, 0.6) is 0 Å². The molecule has 0 aromatic carbocycles. The molecule has 102 valence electrons. The Balaban J connectivity index is 1.86. The summed E-state index contributed by atoms with van der Waals surface area (Å²) in [4.78, 5) is 4.45. The van der Waals surface area contributed by atoms with Gasteiger partial charge in [0.1, 0.15) is 0 Å². The highest BCUT2D eigenvalue weighted by atomic mass is 16.6. The maximum atomic E-state index is 5.58. The van der Waals surface area contributed by atoms with Gasteiger partial charge in [-0.15, -0.1) is 0 Å². The number of hydrogen-bond donors (Lipinski definition) is 1. The van der Waals surface area contributed by atoms with E-state index in [1.165, 1.54) is 0 Å². The van der Waals surface area contributed by atoms with E-state index in [9.17, 15) is 0 Å². The molecule has 18 heavy (non-hydrogen) atoms. The minimum absolute atomic E-state index is 0.103. The van der Waals surface area contributed by atoms with Crippen LogP contribution in [0.3, 0.4) is 0 Å². The molecule has 0 radical (unpaired) electrons. The molecule has 0 bridgehead atoms. The number of aromatic nitrogens is 2. The van der Waals surface area contributed by atoms with E-state index < -0.39 is 0 Å². The molecule has 1 aliphatic rings. The van der Waals surface area contributed by atoms with Crippen molar-refractivity contribution in [3.63, 3.8) is 0 Å². The molecule has 2 rings (SSSR count). The van der Waals surface area contributed by atoms with Gasteiger partial charge in [-0.2, -0.15) is 0 Å². The minimum atomic E-state index is 0.103. The molecule has 2 heterocycles. The van der Waals surface area contributed by atoms with Crippen molar-refractivity contribution in [3.05, 3.63) is 11.9 Å². The highest BCUT2D eigenvalue weighted by Gasteiger charge is 2.15. The maximum Gasteiger partial charge on any atom is 0.203 e. The zero-order valence-electron chi connectivity index (χ0n) is 11.0. The van der Waals surface area contributed by atoms with Crippen molar-refractivity contribution in [1.82, 2.24) is 9.55 Å². The highest BCUT2D eigenvalue weighted by Crippen LogP contribution is 2.09. The third-order valence-electron chi connectivity index (χ3n) is 2.81. The van der Waals surface area contributed by atoms with Gasteiger partial charge in [-0.05, 0) is 6.92 Å². The Bertz CT molecular complexity index is 361. The average molecular weight is 255 g/mol. The van der Waals surface area contributed by atoms with E-state index in [1.54, 1.807) is 7.11 Å². The summed E-state index contributed by atoms with van der Waals surface area (Å²) in [5.41, 5.74) is 0.995. The Morgan fingerprint density at radius 2 is 2.44 bits per heavy atom. The molecule has 1 aliphatic heterocycles. The number of imidazole rings is 1. The third-order valence-corrected chi connectivity index (χ3v) is 2.81. The molecule has 1 saturated heterocycles. The lowest BCUT2D eigenvalue weighted by atomic mass is 10.3. The molecule has 0 saturated carbocycles. The first-order valence-electron chi connectivity index (χ1n) is 6.25. The van der Waals surface area contributed by atoms with Gasteiger partial charge in [0.2, 0.25) is 5.95 Å². The summed E-state index contributed by atoms with van der Waals surface area (Å²) in [5.74, 6) is 0.860. The monoisotopic (exact) mass is 255 g/mol. The maximum absolute atomic E-state index is 5.58. The van der Waals surface area contributed by atoms with Crippen LogP contribution in [-0.2, 0) is 20.8 Å². The van der Waals surface area contributed by atoms with Gasteiger partial charge < -0.3 is 24.1 Å². The number of ether oxygens (including phenoxy) is 3. The van der Waals surface area contributed by atoms with Gasteiger partial charge in [0, 0.05) is 26.4 Å². The topological polar surface area (TPSA) is 57.5 Å². The Kier molecular flexibility index (Phi) is 4.98. The summed E-state index contributed by atoms with van der Waals surface area (Å²) >= 11 is 0. The van der Waals surface area contributed by atoms with E-state index >= 15 is 0 Å². The lowest BCUT2D eigenvalue weighted by molar-refractivity contribution is -0.0819. The molecule has 0 spiro atoms. The fourth-order valence-electron chi connectivity index (χ4n) is 1.91. The Hall–Kier alpha value is -1.11. The van der Waals surface area contributed by atoms with Gasteiger partial charge in [-0.3, -0.25) is 0 Å². The zero-order chi connectivity index (χ0) is 12.8. The molecule has 1 unspecified atom stereocenters. The van der Waals surface area contributed by atoms with Gasteiger partial charge in [0.25, 0.3) is 0 Å². The van der Waals surface area contributed by atoms with E-state index in [4.69, 9.17) is 14.2 Å². The van der Waals surface area contributed by atoms with Crippen LogP contribution in [-0.4, -0.2) is 55.7 Å². The van der Waals surface area contributed by atoms with Crippen LogP contribution in [0, 0.1) is 6.92 Å². The second kappa shape index (κ2) is 6.72. The van der Waals surface area contributed by atoms with Crippen LogP contribution in [0.15, 0.2) is 6.20 Å². The Morgan fingerprint density at radius 1 is 1.56 bits per heavy atom. The first-order chi connectivity index (χ1) is 8.79. The number of nitrogens with one attached hydrogen (secondary N) is 1. The van der Waals surface area contributed by atoms with E-state index in [0.29, 0.717) is 33.0 Å². The summed E-state index contributed by atoms with van der Waals surface area (Å²) in [6, 6.07) is 0. The first kappa shape index (κ1) is 13.3. The molecule has 1 N–H and O–H groups in total. The third kappa shape index (κ3) is 3.69. The summed E-state index contributed by atoms with van der Waals surface area (Å²) in [6.45, 7) is 6.17. The van der Waals surface area contributed by atoms with Crippen LogP contribution in [0.1, 0.15) is 5.69 Å². The quantitative estimate of drug-likeness (QED) is 0.809. The van der Waals surface area contributed by atoms with Crippen molar-refractivity contribution in [2.45, 2.75) is 19.6 Å². The van der Waals surface area contributed by atoms with Gasteiger partial charge in [0.05, 0.1) is 38.2 Å². The molecule has 1 atom stereocenters. The molecule has 1 aromatic heterocycles. The van der Waals surface area contributed by atoms with Crippen LogP contribution in [0.25, 0.3) is 0 Å². The van der Waals surface area contributed by atoms with Crippen LogP contribution >= 0.6 is 0 Å². The highest BCUT2D eigenvalue weighted by molar-refractivity contribution is 5.28. The van der Waals surface area contributed by atoms with E-state index in [1.807, 2.05) is 13.1 Å². The Morgan fingerprint density at radius 3 is 3.17 bits per heavy atom. The molecular weight excluding hydrogens is 234 g/mol. The molecular formula is C12H21N3O3. The summed E-state index contributed by atoms with van der Waals surface area (Å²) < 4.78 is 18.1. The fraction of sp³-hybridized carbons (Fsp3) is 0.750. The average Bonchev–Trinajstić information content (AvgIpc) is 2.75. The normalized spacial score (nSPS) is 20.0. The van der Waals surface area contributed by atoms with E-state index in [0.717, 1.165) is 18.2 Å². The molecule has 1 fully saturated rings. The largest absolute Gasteiger partial charge is 0.383 e. The predicted molar refractivity (Wildman–Crippen MR) is 67.9 cm³/mol. The van der Waals surface area contributed by atoms with Crippen molar-refractivity contribution in [3.8, 4) is 0 Å². The van der Waals surface area contributed by atoms with E-state index in [-0.39, 0.29) is 6.10 Å². The van der Waals surface area contributed by atoms with Crippen LogP contribution < -0.4 is 5.32 Å². The van der Waals surface area contributed by atoms with Crippen LogP contribution in [0.2, 0.25) is 0 Å². The number of anilines is 1. The number of hydrogen-bond acceptors (Lipinski definition) is 5. The smallest absolute Gasteiger partial charge is 0.203 e. The number of nitrogens with zero attached hydrogens (tertiary/aromatic N) is 2. The fourth-order valence-corrected chi connectivity index (χ4v) is 1.91. The van der Waals surface area contributed by atoms with Crippen LogP contribution in [0.4, 0.5) is 5.95 Å². The lowest BCUT2D eigenvalue weighted by Crippen LogP contribution is -2.34.